The van der Waals surface area contributed by atoms with Crippen molar-refractivity contribution in [3.05, 3.63) is 47.5 Å². The number of anilines is 1. The van der Waals surface area contributed by atoms with Gasteiger partial charge in [0, 0.05) is 11.3 Å². The van der Waals surface area contributed by atoms with Crippen molar-refractivity contribution in [3.8, 4) is 17.2 Å². The first-order valence-electron chi connectivity index (χ1n) is 7.03. The number of hydrogen-bond donors (Lipinski definition) is 3. The molecule has 2 aromatic carbocycles. The third-order valence-electron chi connectivity index (χ3n) is 3.36. The van der Waals surface area contributed by atoms with Gasteiger partial charge in [0.15, 0.2) is 0 Å². The number of hydrogen-bond acceptors (Lipinski definition) is 4. The minimum Gasteiger partial charge on any atom is -0.508 e. The SMILES string of the molecule is CCOc1ccc(NC(C)c2cc(O)ccc2O)c(C)c1. The lowest BCUT2D eigenvalue weighted by Gasteiger charge is -2.19. The second kappa shape index (κ2) is 6.39. The molecule has 2 rings (SSSR count). The minimum absolute atomic E-state index is 0.131. The van der Waals surface area contributed by atoms with Gasteiger partial charge in [-0.1, -0.05) is 0 Å². The van der Waals surface area contributed by atoms with Crippen molar-refractivity contribution >= 4 is 5.69 Å². The molecule has 0 aliphatic heterocycles. The molecule has 0 bridgehead atoms. The second-order valence-electron chi connectivity index (χ2n) is 5.02. The molecule has 112 valence electrons. The molecule has 4 heteroatoms. The van der Waals surface area contributed by atoms with Crippen molar-refractivity contribution in [2.24, 2.45) is 0 Å². The standard InChI is InChI=1S/C17H21NO3/c1-4-21-14-6-7-16(11(2)9-14)18-12(3)15-10-13(19)5-8-17(15)20/h5-10,12,18-20H,4H2,1-3H3. The molecule has 0 aromatic heterocycles. The van der Waals surface area contributed by atoms with E-state index in [1.54, 1.807) is 6.07 Å². The van der Waals surface area contributed by atoms with E-state index in [1.165, 1.54) is 12.1 Å². The van der Waals surface area contributed by atoms with Gasteiger partial charge in [-0.15, -0.1) is 0 Å². The summed E-state index contributed by atoms with van der Waals surface area (Å²) < 4.78 is 5.47. The summed E-state index contributed by atoms with van der Waals surface area (Å²) in [5.41, 5.74) is 2.68. The van der Waals surface area contributed by atoms with Crippen molar-refractivity contribution in [1.82, 2.24) is 0 Å². The number of benzene rings is 2. The summed E-state index contributed by atoms with van der Waals surface area (Å²) in [6.45, 7) is 6.53. The van der Waals surface area contributed by atoms with Crippen LogP contribution in [0.25, 0.3) is 0 Å². The molecular formula is C17H21NO3. The Bertz CT molecular complexity index is 625. The Kier molecular flexibility index (Phi) is 4.58. The molecule has 0 aliphatic carbocycles. The van der Waals surface area contributed by atoms with Crippen LogP contribution in [0.4, 0.5) is 5.69 Å². The molecule has 0 amide bonds. The molecule has 1 unspecified atom stereocenters. The summed E-state index contributed by atoms with van der Waals surface area (Å²) in [4.78, 5) is 0. The van der Waals surface area contributed by atoms with Crippen molar-refractivity contribution < 1.29 is 14.9 Å². The zero-order valence-electron chi connectivity index (χ0n) is 12.6. The average Bonchev–Trinajstić information content (AvgIpc) is 2.44. The highest BCUT2D eigenvalue weighted by atomic mass is 16.5. The van der Waals surface area contributed by atoms with Crippen molar-refractivity contribution in [2.75, 3.05) is 11.9 Å². The fourth-order valence-corrected chi connectivity index (χ4v) is 2.25. The summed E-state index contributed by atoms with van der Waals surface area (Å²) in [5, 5.41) is 22.8. The highest BCUT2D eigenvalue weighted by molar-refractivity contribution is 5.56. The number of aromatic hydroxyl groups is 2. The normalized spacial score (nSPS) is 12.0. The molecular weight excluding hydrogens is 266 g/mol. The highest BCUT2D eigenvalue weighted by Gasteiger charge is 2.12. The van der Waals surface area contributed by atoms with Gasteiger partial charge in [0.05, 0.1) is 12.6 Å². The van der Waals surface area contributed by atoms with Gasteiger partial charge in [-0.2, -0.15) is 0 Å². The summed E-state index contributed by atoms with van der Waals surface area (Å²) in [7, 11) is 0. The van der Waals surface area contributed by atoms with Crippen LogP contribution in [0.1, 0.15) is 31.0 Å². The minimum atomic E-state index is -0.131. The van der Waals surface area contributed by atoms with Gasteiger partial charge in [0.25, 0.3) is 0 Å². The van der Waals surface area contributed by atoms with E-state index < -0.39 is 0 Å². The Morgan fingerprint density at radius 1 is 1.14 bits per heavy atom. The van der Waals surface area contributed by atoms with Crippen LogP contribution >= 0.6 is 0 Å². The number of phenolic OH excluding ortho intramolecular Hbond substituents is 2. The Hall–Kier alpha value is -2.36. The first kappa shape index (κ1) is 15.0. The van der Waals surface area contributed by atoms with Crippen LogP contribution in [-0.2, 0) is 0 Å². The zero-order valence-corrected chi connectivity index (χ0v) is 12.6. The molecule has 0 fully saturated rings. The maximum Gasteiger partial charge on any atom is 0.121 e. The van der Waals surface area contributed by atoms with Crippen LogP contribution in [0.5, 0.6) is 17.2 Å². The predicted molar refractivity (Wildman–Crippen MR) is 84.2 cm³/mol. The van der Waals surface area contributed by atoms with Crippen LogP contribution < -0.4 is 10.1 Å². The highest BCUT2D eigenvalue weighted by Crippen LogP contribution is 2.31. The van der Waals surface area contributed by atoms with Crippen molar-refractivity contribution in [3.63, 3.8) is 0 Å². The van der Waals surface area contributed by atoms with E-state index in [2.05, 4.69) is 5.32 Å². The second-order valence-corrected chi connectivity index (χ2v) is 5.02. The smallest absolute Gasteiger partial charge is 0.121 e. The molecule has 2 aromatic rings. The van der Waals surface area contributed by atoms with Crippen LogP contribution in [-0.4, -0.2) is 16.8 Å². The van der Waals surface area contributed by atoms with Crippen molar-refractivity contribution in [2.45, 2.75) is 26.8 Å². The Balaban J connectivity index is 2.19. The van der Waals surface area contributed by atoms with E-state index in [0.29, 0.717) is 12.2 Å². The maximum absolute atomic E-state index is 9.90. The molecule has 4 nitrogen and oxygen atoms in total. The van der Waals surface area contributed by atoms with E-state index in [-0.39, 0.29) is 17.5 Å². The first-order chi connectivity index (χ1) is 10.0. The lowest BCUT2D eigenvalue weighted by molar-refractivity contribution is 0.340. The molecule has 0 heterocycles. The van der Waals surface area contributed by atoms with E-state index in [4.69, 9.17) is 4.74 Å². The predicted octanol–water partition coefficient (Wildman–Crippen LogP) is 3.98. The van der Waals surface area contributed by atoms with Gasteiger partial charge in [-0.3, -0.25) is 0 Å². The average molecular weight is 287 g/mol. The zero-order chi connectivity index (χ0) is 15.4. The van der Waals surface area contributed by atoms with Crippen LogP contribution in [0, 0.1) is 6.92 Å². The summed E-state index contributed by atoms with van der Waals surface area (Å²) in [5.74, 6) is 1.14. The third-order valence-corrected chi connectivity index (χ3v) is 3.36. The number of aryl methyl sites for hydroxylation is 1. The summed E-state index contributed by atoms with van der Waals surface area (Å²) >= 11 is 0. The largest absolute Gasteiger partial charge is 0.508 e. The van der Waals surface area contributed by atoms with E-state index in [0.717, 1.165) is 17.0 Å². The van der Waals surface area contributed by atoms with Crippen LogP contribution in [0.3, 0.4) is 0 Å². The molecule has 1 atom stereocenters. The molecule has 21 heavy (non-hydrogen) atoms. The van der Waals surface area contributed by atoms with Gasteiger partial charge >= 0.3 is 0 Å². The van der Waals surface area contributed by atoms with E-state index >= 15 is 0 Å². The van der Waals surface area contributed by atoms with Gasteiger partial charge in [0.1, 0.15) is 17.2 Å². The number of ether oxygens (including phenoxy) is 1. The Morgan fingerprint density at radius 2 is 1.90 bits per heavy atom. The summed E-state index contributed by atoms with van der Waals surface area (Å²) in [6, 6.07) is 10.2. The number of rotatable bonds is 5. The molecule has 0 radical (unpaired) electrons. The molecule has 0 saturated carbocycles. The lowest BCUT2D eigenvalue weighted by atomic mass is 10.1. The fourth-order valence-electron chi connectivity index (χ4n) is 2.25. The monoisotopic (exact) mass is 287 g/mol. The van der Waals surface area contributed by atoms with Gasteiger partial charge in [0.2, 0.25) is 0 Å². The molecule has 3 N–H and O–H groups in total. The third kappa shape index (κ3) is 3.60. The Labute approximate surface area is 125 Å². The molecule has 0 aliphatic rings. The van der Waals surface area contributed by atoms with Gasteiger partial charge in [-0.05, 0) is 62.7 Å². The van der Waals surface area contributed by atoms with Crippen molar-refractivity contribution in [1.29, 1.82) is 0 Å². The van der Waals surface area contributed by atoms with Crippen LogP contribution in [0.2, 0.25) is 0 Å². The first-order valence-corrected chi connectivity index (χ1v) is 7.03. The topological polar surface area (TPSA) is 61.7 Å². The quantitative estimate of drug-likeness (QED) is 0.728. The van der Waals surface area contributed by atoms with Crippen LogP contribution in [0.15, 0.2) is 36.4 Å². The van der Waals surface area contributed by atoms with Gasteiger partial charge < -0.3 is 20.3 Å². The van der Waals surface area contributed by atoms with Gasteiger partial charge in [-0.25, -0.2) is 0 Å². The maximum atomic E-state index is 9.90. The molecule has 0 saturated heterocycles. The number of phenols is 2. The molecule has 0 spiro atoms. The fraction of sp³-hybridized carbons (Fsp3) is 0.294. The van der Waals surface area contributed by atoms with E-state index in [1.807, 2.05) is 39.0 Å². The lowest BCUT2D eigenvalue weighted by Crippen LogP contribution is -2.08. The Morgan fingerprint density at radius 3 is 2.57 bits per heavy atom. The summed E-state index contributed by atoms with van der Waals surface area (Å²) in [6.07, 6.45) is 0. The number of nitrogens with one attached hydrogen (secondary N) is 1. The van der Waals surface area contributed by atoms with E-state index in [9.17, 15) is 10.2 Å².